The van der Waals surface area contributed by atoms with Gasteiger partial charge in [-0.3, -0.25) is 9.69 Å². The van der Waals surface area contributed by atoms with E-state index in [-0.39, 0.29) is 5.78 Å². The minimum absolute atomic E-state index is 0.273. The largest absolute Gasteiger partial charge is 0.346 e. The molecule has 178 valence electrons. The Labute approximate surface area is 204 Å². The van der Waals surface area contributed by atoms with Crippen LogP contribution in [0, 0.1) is 26.2 Å². The molecule has 1 saturated carbocycles. The van der Waals surface area contributed by atoms with E-state index in [9.17, 15) is 4.79 Å². The van der Waals surface area contributed by atoms with Crippen molar-refractivity contribution in [3.05, 3.63) is 39.7 Å². The van der Waals surface area contributed by atoms with E-state index in [0.717, 1.165) is 18.7 Å². The van der Waals surface area contributed by atoms with Crippen molar-refractivity contribution >= 4 is 33.0 Å². The van der Waals surface area contributed by atoms with Crippen LogP contribution in [-0.4, -0.2) is 49.9 Å². The molecule has 1 atom stereocenters. The molecular formula is C27H33N5OS. The Morgan fingerprint density at radius 2 is 2.00 bits per heavy atom. The maximum atomic E-state index is 11.6. The molecule has 0 bridgehead atoms. The lowest BCUT2D eigenvalue weighted by Crippen LogP contribution is -2.63. The fourth-order valence-corrected chi connectivity index (χ4v) is 8.08. The summed E-state index contributed by atoms with van der Waals surface area (Å²) in [6.45, 7) is 15.7. The number of nitrogens with zero attached hydrogens (tertiary/aromatic N) is 4. The molecule has 1 N–H and O–H groups in total. The molecule has 1 saturated heterocycles. The zero-order valence-corrected chi connectivity index (χ0v) is 21.8. The van der Waals surface area contributed by atoms with Crippen molar-refractivity contribution in [2.75, 3.05) is 19.6 Å². The fraction of sp³-hybridized carbons (Fsp3) is 0.519. The first-order chi connectivity index (χ1) is 16.2. The van der Waals surface area contributed by atoms with Crippen LogP contribution < -0.4 is 0 Å². The maximum absolute atomic E-state index is 11.6. The number of carbonyl (C=O) groups is 1. The van der Waals surface area contributed by atoms with Gasteiger partial charge in [-0.25, -0.2) is 9.50 Å². The van der Waals surface area contributed by atoms with Gasteiger partial charge in [0.25, 0.3) is 0 Å². The molecule has 0 aromatic carbocycles. The van der Waals surface area contributed by atoms with Crippen molar-refractivity contribution in [1.29, 1.82) is 0 Å². The average molecular weight is 476 g/mol. The summed E-state index contributed by atoms with van der Waals surface area (Å²) in [7, 11) is 0. The molecular weight excluding hydrogens is 442 g/mol. The lowest BCUT2D eigenvalue weighted by molar-refractivity contribution is -0.126. The fourth-order valence-electron chi connectivity index (χ4n) is 6.58. The highest BCUT2D eigenvalue weighted by Crippen LogP contribution is 2.61. The van der Waals surface area contributed by atoms with Gasteiger partial charge < -0.3 is 4.98 Å². The van der Waals surface area contributed by atoms with Crippen molar-refractivity contribution in [2.45, 2.75) is 66.2 Å². The second-order valence-corrected chi connectivity index (χ2v) is 12.0. The van der Waals surface area contributed by atoms with Crippen LogP contribution in [0.3, 0.4) is 0 Å². The monoisotopic (exact) mass is 475 g/mol. The van der Waals surface area contributed by atoms with Gasteiger partial charge in [-0.15, -0.1) is 11.3 Å². The number of H-pyrrole nitrogens is 1. The minimum Gasteiger partial charge on any atom is -0.346 e. The van der Waals surface area contributed by atoms with Crippen LogP contribution >= 0.6 is 11.3 Å². The van der Waals surface area contributed by atoms with Crippen LogP contribution in [0.2, 0.25) is 0 Å². The third-order valence-corrected chi connectivity index (χ3v) is 9.76. The Morgan fingerprint density at radius 1 is 1.24 bits per heavy atom. The highest BCUT2D eigenvalue weighted by Gasteiger charge is 2.55. The molecule has 5 heterocycles. The van der Waals surface area contributed by atoms with E-state index < -0.39 is 0 Å². The number of Topliss-reactive ketones (excluding diaryl/α,β-unsaturated/α-hetero) is 1. The van der Waals surface area contributed by atoms with E-state index in [1.54, 1.807) is 18.1 Å². The lowest BCUT2D eigenvalue weighted by atomic mass is 9.55. The predicted molar refractivity (Wildman–Crippen MR) is 138 cm³/mol. The van der Waals surface area contributed by atoms with Gasteiger partial charge in [-0.2, -0.15) is 5.10 Å². The molecule has 1 aliphatic heterocycles. The Kier molecular flexibility index (Phi) is 4.84. The molecule has 7 heteroatoms. The molecule has 1 spiro atoms. The van der Waals surface area contributed by atoms with E-state index in [1.807, 2.05) is 15.9 Å². The molecule has 0 amide bonds. The Balaban J connectivity index is 1.43. The number of aromatic amines is 1. The number of hydrogen-bond donors (Lipinski definition) is 1. The van der Waals surface area contributed by atoms with Crippen LogP contribution in [0.25, 0.3) is 27.1 Å². The zero-order chi connectivity index (χ0) is 23.9. The van der Waals surface area contributed by atoms with Crippen LogP contribution in [0.15, 0.2) is 12.5 Å². The van der Waals surface area contributed by atoms with E-state index in [2.05, 4.69) is 60.8 Å². The van der Waals surface area contributed by atoms with Crippen LogP contribution in [-0.2, 0) is 4.79 Å². The normalized spacial score (nSPS) is 19.9. The van der Waals surface area contributed by atoms with Gasteiger partial charge in [-0.1, -0.05) is 13.8 Å². The van der Waals surface area contributed by atoms with Crippen molar-refractivity contribution < 1.29 is 4.79 Å². The summed E-state index contributed by atoms with van der Waals surface area (Å²) in [6, 6.07) is 0. The number of carbonyl (C=O) groups excluding carboxylic acids is 1. The Morgan fingerprint density at radius 3 is 2.65 bits per heavy atom. The predicted octanol–water partition coefficient (Wildman–Crippen LogP) is 5.76. The number of fused-ring (bicyclic) bond motifs is 2. The molecule has 1 aliphatic carbocycles. The Hall–Kier alpha value is -2.51. The van der Waals surface area contributed by atoms with Gasteiger partial charge in [0.05, 0.1) is 12.2 Å². The number of thiophene rings is 1. The summed E-state index contributed by atoms with van der Waals surface area (Å²) >= 11 is 1.96. The van der Waals surface area contributed by atoms with Crippen LogP contribution in [0.5, 0.6) is 0 Å². The van der Waals surface area contributed by atoms with Gasteiger partial charge in [0.15, 0.2) is 5.65 Å². The van der Waals surface area contributed by atoms with Gasteiger partial charge in [-0.05, 0) is 68.7 Å². The first kappa shape index (κ1) is 22.0. The number of aromatic nitrogens is 4. The second kappa shape index (κ2) is 7.49. The topological polar surface area (TPSA) is 66.3 Å². The summed E-state index contributed by atoms with van der Waals surface area (Å²) in [6.07, 6.45) is 6.31. The van der Waals surface area contributed by atoms with Crippen LogP contribution in [0.1, 0.15) is 72.6 Å². The third kappa shape index (κ3) is 2.99. The number of pyridine rings is 1. The maximum Gasteiger partial charge on any atom is 0.158 e. The van der Waals surface area contributed by atoms with Gasteiger partial charge in [0, 0.05) is 46.4 Å². The van der Waals surface area contributed by atoms with Crippen LogP contribution in [0.4, 0.5) is 0 Å². The molecule has 34 heavy (non-hydrogen) atoms. The standard InChI is InChI=1S/C27H33N5OS/c1-14(2)21-22-18(6)24(20-7-8-27(20)11-31(12-27)9-15(3)33)34-26(22)30-23(21)19-10-32-25(28-13-29-32)17(5)16(19)4/h10,13-14,20,30H,7-9,11-12H2,1-6H3/t20-/m1/s1. The molecule has 2 aliphatic rings. The Bertz CT molecular complexity index is 1450. The summed E-state index contributed by atoms with van der Waals surface area (Å²) < 4.78 is 1.90. The number of hydrogen-bond acceptors (Lipinski definition) is 5. The van der Waals surface area contributed by atoms with E-state index in [4.69, 9.17) is 0 Å². The minimum atomic E-state index is 0.273. The third-order valence-electron chi connectivity index (χ3n) is 8.44. The number of nitrogens with one attached hydrogen (secondary N) is 1. The quantitative estimate of drug-likeness (QED) is 0.399. The molecule has 2 fully saturated rings. The smallest absolute Gasteiger partial charge is 0.158 e. The second-order valence-electron chi connectivity index (χ2n) is 11.0. The first-order valence-corrected chi connectivity index (χ1v) is 13.2. The number of rotatable bonds is 5. The van der Waals surface area contributed by atoms with Crippen molar-refractivity contribution in [2.24, 2.45) is 5.41 Å². The molecule has 0 unspecified atom stereocenters. The summed E-state index contributed by atoms with van der Waals surface area (Å²) in [5, 5.41) is 5.84. The molecule has 4 aromatic rings. The van der Waals surface area contributed by atoms with E-state index in [1.165, 1.54) is 56.6 Å². The number of aryl methyl sites for hydroxylation is 2. The van der Waals surface area contributed by atoms with Gasteiger partial charge >= 0.3 is 0 Å². The zero-order valence-electron chi connectivity index (χ0n) is 21.0. The molecule has 4 aromatic heterocycles. The summed E-state index contributed by atoms with van der Waals surface area (Å²) in [5.41, 5.74) is 9.05. The summed E-state index contributed by atoms with van der Waals surface area (Å²) in [5.74, 6) is 1.30. The van der Waals surface area contributed by atoms with Gasteiger partial charge in [0.2, 0.25) is 0 Å². The molecule has 6 rings (SSSR count). The van der Waals surface area contributed by atoms with Crippen molar-refractivity contribution in [1.82, 2.24) is 24.5 Å². The van der Waals surface area contributed by atoms with E-state index >= 15 is 0 Å². The van der Waals surface area contributed by atoms with Crippen molar-refractivity contribution in [3.63, 3.8) is 0 Å². The average Bonchev–Trinajstić information content (AvgIpc) is 3.41. The van der Waals surface area contributed by atoms with Crippen molar-refractivity contribution in [3.8, 4) is 11.3 Å². The number of ketones is 1. The molecule has 6 nitrogen and oxygen atoms in total. The highest BCUT2D eigenvalue weighted by molar-refractivity contribution is 7.19. The highest BCUT2D eigenvalue weighted by atomic mass is 32.1. The van der Waals surface area contributed by atoms with Gasteiger partial charge in [0.1, 0.15) is 16.9 Å². The molecule has 0 radical (unpaired) electrons. The first-order valence-electron chi connectivity index (χ1n) is 12.4. The van der Waals surface area contributed by atoms with E-state index in [0.29, 0.717) is 23.8 Å². The lowest BCUT2D eigenvalue weighted by Gasteiger charge is -2.60. The number of likely N-dealkylation sites (tertiary alicyclic amines) is 1. The SMILES string of the molecule is CC(=O)CN1CC2(CC[C@@H]2c2sc3[nH]c(-c4cn5ncnc5c(C)c4C)c(C(C)C)c3c2C)C1. The summed E-state index contributed by atoms with van der Waals surface area (Å²) in [4.78, 5) is 25.0.